The lowest BCUT2D eigenvalue weighted by molar-refractivity contribution is -0.128. The predicted octanol–water partition coefficient (Wildman–Crippen LogP) is 1.40. The standard InChI is InChI=1S/C17H29N5O2/c1-13(12-22-15(3)10-14(2)19-22)11-18-17(24)21-7-5-6-20(8-9-21)16(4)23/h10,13H,5-9,11-12H2,1-4H3,(H,18,24)/t13-/m0/s1. The van der Waals surface area contributed by atoms with Crippen LogP contribution >= 0.6 is 0 Å². The quantitative estimate of drug-likeness (QED) is 0.904. The largest absolute Gasteiger partial charge is 0.341 e. The summed E-state index contributed by atoms with van der Waals surface area (Å²) in [5.41, 5.74) is 2.16. The van der Waals surface area contributed by atoms with Crippen molar-refractivity contribution in [3.63, 3.8) is 0 Å². The first-order chi connectivity index (χ1) is 11.4. The number of aryl methyl sites for hydroxylation is 2. The fraction of sp³-hybridized carbons (Fsp3) is 0.706. The van der Waals surface area contributed by atoms with Crippen molar-refractivity contribution < 1.29 is 9.59 Å². The lowest BCUT2D eigenvalue weighted by Crippen LogP contribution is -2.44. The highest BCUT2D eigenvalue weighted by atomic mass is 16.2. The molecule has 2 heterocycles. The molecular formula is C17H29N5O2. The maximum absolute atomic E-state index is 12.3. The van der Waals surface area contributed by atoms with E-state index in [4.69, 9.17) is 0 Å². The summed E-state index contributed by atoms with van der Waals surface area (Å²) >= 11 is 0. The van der Waals surface area contributed by atoms with Crippen LogP contribution in [0.25, 0.3) is 0 Å². The Hall–Kier alpha value is -2.05. The summed E-state index contributed by atoms with van der Waals surface area (Å²) < 4.78 is 1.99. The first-order valence-corrected chi connectivity index (χ1v) is 8.66. The maximum atomic E-state index is 12.3. The van der Waals surface area contributed by atoms with Gasteiger partial charge in [0, 0.05) is 51.9 Å². The Bertz CT molecular complexity index is 584. The van der Waals surface area contributed by atoms with E-state index in [0.29, 0.717) is 32.1 Å². The average Bonchev–Trinajstić information content (AvgIpc) is 2.73. The van der Waals surface area contributed by atoms with Crippen molar-refractivity contribution in [2.45, 2.75) is 40.7 Å². The Morgan fingerprint density at radius 3 is 2.50 bits per heavy atom. The van der Waals surface area contributed by atoms with Crippen LogP contribution in [0.5, 0.6) is 0 Å². The molecule has 1 aromatic rings. The van der Waals surface area contributed by atoms with Crippen LogP contribution in [0, 0.1) is 19.8 Å². The maximum Gasteiger partial charge on any atom is 0.317 e. The number of aromatic nitrogens is 2. The predicted molar refractivity (Wildman–Crippen MR) is 92.7 cm³/mol. The Kier molecular flexibility index (Phi) is 6.23. The minimum absolute atomic E-state index is 0.0411. The van der Waals surface area contributed by atoms with Crippen LogP contribution in [0.2, 0.25) is 0 Å². The summed E-state index contributed by atoms with van der Waals surface area (Å²) in [6, 6.07) is 2.02. The van der Waals surface area contributed by atoms with E-state index in [9.17, 15) is 9.59 Å². The van der Waals surface area contributed by atoms with E-state index in [2.05, 4.69) is 23.4 Å². The van der Waals surface area contributed by atoms with Crippen molar-refractivity contribution in [3.8, 4) is 0 Å². The molecule has 1 fully saturated rings. The molecule has 3 amide bonds. The molecule has 7 nitrogen and oxygen atoms in total. The SMILES string of the molecule is CC(=O)N1CCCN(C(=O)NC[C@H](C)Cn2nc(C)cc2C)CC1. The summed E-state index contributed by atoms with van der Waals surface area (Å²) in [5.74, 6) is 0.378. The third-order valence-electron chi connectivity index (χ3n) is 4.42. The van der Waals surface area contributed by atoms with Crippen LogP contribution in [-0.2, 0) is 11.3 Å². The molecule has 0 aliphatic carbocycles. The zero-order chi connectivity index (χ0) is 17.7. The first-order valence-electron chi connectivity index (χ1n) is 8.66. The van der Waals surface area contributed by atoms with Crippen molar-refractivity contribution in [3.05, 3.63) is 17.5 Å². The van der Waals surface area contributed by atoms with Gasteiger partial charge in [0.1, 0.15) is 0 Å². The third-order valence-corrected chi connectivity index (χ3v) is 4.42. The second kappa shape index (κ2) is 8.17. The van der Waals surface area contributed by atoms with E-state index in [1.165, 1.54) is 0 Å². The number of hydrogen-bond donors (Lipinski definition) is 1. The fourth-order valence-corrected chi connectivity index (χ4v) is 3.03. The summed E-state index contributed by atoms with van der Waals surface area (Å²) in [5, 5.41) is 7.47. The van der Waals surface area contributed by atoms with E-state index in [0.717, 1.165) is 30.9 Å². The first kappa shape index (κ1) is 18.3. The molecule has 1 atom stereocenters. The Morgan fingerprint density at radius 1 is 1.21 bits per heavy atom. The molecule has 0 unspecified atom stereocenters. The number of carbonyl (C=O) groups is 2. The zero-order valence-corrected chi connectivity index (χ0v) is 15.2. The normalized spacial score (nSPS) is 16.7. The lowest BCUT2D eigenvalue weighted by Gasteiger charge is -2.23. The number of nitrogens with one attached hydrogen (secondary N) is 1. The molecule has 1 saturated heterocycles. The molecule has 0 saturated carbocycles. The summed E-state index contributed by atoms with van der Waals surface area (Å²) in [4.78, 5) is 27.4. The third kappa shape index (κ3) is 4.97. The van der Waals surface area contributed by atoms with Crippen molar-refractivity contribution in [1.29, 1.82) is 0 Å². The van der Waals surface area contributed by atoms with Gasteiger partial charge in [-0.3, -0.25) is 9.48 Å². The van der Waals surface area contributed by atoms with Crippen molar-refractivity contribution in [1.82, 2.24) is 24.9 Å². The van der Waals surface area contributed by atoms with E-state index in [1.807, 2.05) is 18.5 Å². The lowest BCUT2D eigenvalue weighted by atomic mass is 10.2. The molecular weight excluding hydrogens is 306 g/mol. The Balaban J connectivity index is 1.77. The second-order valence-electron chi connectivity index (χ2n) is 6.75. The summed E-state index contributed by atoms with van der Waals surface area (Å²) in [7, 11) is 0. The summed E-state index contributed by atoms with van der Waals surface area (Å²) in [6.07, 6.45) is 0.828. The van der Waals surface area contributed by atoms with Gasteiger partial charge in [0.15, 0.2) is 0 Å². The summed E-state index contributed by atoms with van der Waals surface area (Å²) in [6.45, 7) is 11.8. The highest BCUT2D eigenvalue weighted by molar-refractivity contribution is 5.75. The van der Waals surface area contributed by atoms with Gasteiger partial charge in [-0.05, 0) is 32.3 Å². The average molecular weight is 335 g/mol. The van der Waals surface area contributed by atoms with Crippen LogP contribution < -0.4 is 5.32 Å². The Labute approximate surface area is 144 Å². The van der Waals surface area contributed by atoms with E-state index < -0.39 is 0 Å². The molecule has 24 heavy (non-hydrogen) atoms. The van der Waals surface area contributed by atoms with E-state index >= 15 is 0 Å². The monoisotopic (exact) mass is 335 g/mol. The minimum Gasteiger partial charge on any atom is -0.341 e. The number of amides is 3. The molecule has 7 heteroatoms. The Morgan fingerprint density at radius 2 is 1.88 bits per heavy atom. The number of carbonyl (C=O) groups excluding carboxylic acids is 2. The number of hydrogen-bond acceptors (Lipinski definition) is 3. The fourth-order valence-electron chi connectivity index (χ4n) is 3.03. The number of rotatable bonds is 4. The van der Waals surface area contributed by atoms with Gasteiger partial charge in [-0.1, -0.05) is 6.92 Å². The highest BCUT2D eigenvalue weighted by Crippen LogP contribution is 2.07. The van der Waals surface area contributed by atoms with E-state index in [-0.39, 0.29) is 11.9 Å². The topological polar surface area (TPSA) is 70.5 Å². The molecule has 1 aliphatic rings. The van der Waals surface area contributed by atoms with Gasteiger partial charge in [0.2, 0.25) is 5.91 Å². The number of nitrogens with zero attached hydrogens (tertiary/aromatic N) is 4. The van der Waals surface area contributed by atoms with Crippen molar-refractivity contribution >= 4 is 11.9 Å². The van der Waals surface area contributed by atoms with E-state index in [1.54, 1.807) is 16.7 Å². The van der Waals surface area contributed by atoms with Gasteiger partial charge in [-0.15, -0.1) is 0 Å². The molecule has 0 bridgehead atoms. The molecule has 0 aromatic carbocycles. The van der Waals surface area contributed by atoms with Crippen molar-refractivity contribution in [2.75, 3.05) is 32.7 Å². The second-order valence-corrected chi connectivity index (χ2v) is 6.75. The smallest absolute Gasteiger partial charge is 0.317 e. The molecule has 0 radical (unpaired) electrons. The minimum atomic E-state index is -0.0411. The number of urea groups is 1. The van der Waals surface area contributed by atoms with Crippen LogP contribution in [0.1, 0.15) is 31.7 Å². The molecule has 1 N–H and O–H groups in total. The van der Waals surface area contributed by atoms with Gasteiger partial charge in [0.05, 0.1) is 5.69 Å². The molecule has 1 aromatic heterocycles. The van der Waals surface area contributed by atoms with Gasteiger partial charge in [0.25, 0.3) is 0 Å². The van der Waals surface area contributed by atoms with Gasteiger partial charge in [-0.2, -0.15) is 5.10 Å². The highest BCUT2D eigenvalue weighted by Gasteiger charge is 2.20. The van der Waals surface area contributed by atoms with Crippen LogP contribution in [-0.4, -0.2) is 64.2 Å². The zero-order valence-electron chi connectivity index (χ0n) is 15.2. The van der Waals surface area contributed by atoms with Crippen LogP contribution in [0.4, 0.5) is 4.79 Å². The van der Waals surface area contributed by atoms with Crippen LogP contribution in [0.3, 0.4) is 0 Å². The van der Waals surface area contributed by atoms with Gasteiger partial charge >= 0.3 is 6.03 Å². The van der Waals surface area contributed by atoms with Gasteiger partial charge in [-0.25, -0.2) is 4.79 Å². The molecule has 1 aliphatic heterocycles. The molecule has 2 rings (SSSR count). The molecule has 134 valence electrons. The van der Waals surface area contributed by atoms with Gasteiger partial charge < -0.3 is 15.1 Å². The van der Waals surface area contributed by atoms with Crippen LogP contribution in [0.15, 0.2) is 6.07 Å². The van der Waals surface area contributed by atoms with Crippen molar-refractivity contribution in [2.24, 2.45) is 5.92 Å². The molecule has 0 spiro atoms.